The van der Waals surface area contributed by atoms with Crippen LogP contribution in [0.15, 0.2) is 46.9 Å². The highest BCUT2D eigenvalue weighted by atomic mass is 79.9. The van der Waals surface area contributed by atoms with Gasteiger partial charge in [0.2, 0.25) is 5.91 Å². The SMILES string of the molecule is O=C(O)c1[nH]c2ccc(Cl)cc2c1CC(=O)N1CCN(c2ccccc2Br)CC1. The number of aromatic nitrogens is 1. The Balaban J connectivity index is 1.51. The number of nitrogens with zero attached hydrogens (tertiary/aromatic N) is 2. The Morgan fingerprint density at radius 2 is 1.83 bits per heavy atom. The van der Waals surface area contributed by atoms with Crippen molar-refractivity contribution in [3.05, 3.63) is 63.2 Å². The summed E-state index contributed by atoms with van der Waals surface area (Å²) >= 11 is 9.66. The highest BCUT2D eigenvalue weighted by Crippen LogP contribution is 2.28. The largest absolute Gasteiger partial charge is 0.477 e. The first-order valence-electron chi connectivity index (χ1n) is 9.24. The minimum Gasteiger partial charge on any atom is -0.477 e. The zero-order chi connectivity index (χ0) is 20.5. The van der Waals surface area contributed by atoms with E-state index in [9.17, 15) is 14.7 Å². The molecule has 1 aromatic heterocycles. The van der Waals surface area contributed by atoms with Gasteiger partial charge in [0, 0.05) is 52.1 Å². The molecule has 150 valence electrons. The maximum Gasteiger partial charge on any atom is 0.352 e. The number of aromatic carboxylic acids is 1. The molecular weight excluding hydrogens is 458 g/mol. The van der Waals surface area contributed by atoms with Gasteiger partial charge in [0.15, 0.2) is 0 Å². The predicted molar refractivity (Wildman–Crippen MR) is 117 cm³/mol. The molecule has 1 amide bonds. The fourth-order valence-electron chi connectivity index (χ4n) is 3.75. The lowest BCUT2D eigenvalue weighted by molar-refractivity contribution is -0.130. The summed E-state index contributed by atoms with van der Waals surface area (Å²) < 4.78 is 1.03. The number of anilines is 1. The number of nitrogens with one attached hydrogen (secondary N) is 1. The van der Waals surface area contributed by atoms with Crippen LogP contribution in [0.3, 0.4) is 0 Å². The zero-order valence-corrected chi connectivity index (χ0v) is 17.8. The summed E-state index contributed by atoms with van der Waals surface area (Å²) in [6.45, 7) is 2.62. The highest BCUT2D eigenvalue weighted by Gasteiger charge is 2.25. The van der Waals surface area contributed by atoms with Crippen molar-refractivity contribution in [2.24, 2.45) is 0 Å². The van der Waals surface area contributed by atoms with Gasteiger partial charge in [-0.3, -0.25) is 4.79 Å². The number of piperazine rings is 1. The van der Waals surface area contributed by atoms with Gasteiger partial charge in [-0.1, -0.05) is 23.7 Å². The maximum absolute atomic E-state index is 12.9. The number of carbonyl (C=O) groups is 2. The zero-order valence-electron chi connectivity index (χ0n) is 15.5. The molecular formula is C21H19BrClN3O3. The number of para-hydroxylation sites is 1. The van der Waals surface area contributed by atoms with E-state index in [1.165, 1.54) is 0 Å². The molecule has 0 bridgehead atoms. The van der Waals surface area contributed by atoms with Gasteiger partial charge in [0.1, 0.15) is 5.69 Å². The molecule has 2 aromatic carbocycles. The minimum atomic E-state index is -1.08. The molecule has 0 spiro atoms. The van der Waals surface area contributed by atoms with Gasteiger partial charge in [-0.2, -0.15) is 0 Å². The van der Waals surface area contributed by atoms with Gasteiger partial charge in [0.25, 0.3) is 0 Å². The Hall–Kier alpha value is -2.51. The number of hydrogen-bond acceptors (Lipinski definition) is 3. The van der Waals surface area contributed by atoms with E-state index in [0.29, 0.717) is 34.6 Å². The van der Waals surface area contributed by atoms with Crippen molar-refractivity contribution in [3.8, 4) is 0 Å². The van der Waals surface area contributed by atoms with Gasteiger partial charge in [-0.25, -0.2) is 4.79 Å². The van der Waals surface area contributed by atoms with Crippen molar-refractivity contribution in [2.75, 3.05) is 31.1 Å². The third-order valence-electron chi connectivity index (χ3n) is 5.24. The van der Waals surface area contributed by atoms with Crippen molar-refractivity contribution in [2.45, 2.75) is 6.42 Å². The van der Waals surface area contributed by atoms with Crippen LogP contribution in [0, 0.1) is 0 Å². The number of carbonyl (C=O) groups excluding carboxylic acids is 1. The maximum atomic E-state index is 12.9. The van der Waals surface area contributed by atoms with E-state index in [-0.39, 0.29) is 18.0 Å². The van der Waals surface area contributed by atoms with Crippen LogP contribution >= 0.6 is 27.5 Å². The smallest absolute Gasteiger partial charge is 0.352 e. The number of H-pyrrole nitrogens is 1. The molecule has 1 saturated heterocycles. The summed E-state index contributed by atoms with van der Waals surface area (Å²) in [5.41, 5.74) is 2.29. The van der Waals surface area contributed by atoms with Crippen molar-refractivity contribution < 1.29 is 14.7 Å². The molecule has 2 N–H and O–H groups in total. The molecule has 0 atom stereocenters. The molecule has 1 aliphatic heterocycles. The monoisotopic (exact) mass is 475 g/mol. The van der Waals surface area contributed by atoms with E-state index in [1.807, 2.05) is 18.2 Å². The number of hydrogen-bond donors (Lipinski definition) is 2. The molecule has 29 heavy (non-hydrogen) atoms. The summed E-state index contributed by atoms with van der Waals surface area (Å²) in [5.74, 6) is -1.17. The van der Waals surface area contributed by atoms with E-state index in [0.717, 1.165) is 23.2 Å². The second-order valence-electron chi connectivity index (χ2n) is 6.97. The lowest BCUT2D eigenvalue weighted by atomic mass is 10.1. The Kier molecular flexibility index (Phi) is 5.52. The summed E-state index contributed by atoms with van der Waals surface area (Å²) in [6.07, 6.45) is 0.0248. The standard InChI is InChI=1S/C21H19BrClN3O3/c22-16-3-1-2-4-18(16)25-7-9-26(10-8-25)19(27)12-15-14-11-13(23)5-6-17(14)24-20(15)21(28)29/h1-6,11,24H,7-10,12H2,(H,28,29). The second kappa shape index (κ2) is 8.08. The van der Waals surface area contributed by atoms with Gasteiger partial charge >= 0.3 is 5.97 Å². The molecule has 0 aliphatic carbocycles. The highest BCUT2D eigenvalue weighted by molar-refractivity contribution is 9.10. The number of halogens is 2. The first-order chi connectivity index (χ1) is 13.9. The molecule has 6 nitrogen and oxygen atoms in total. The van der Waals surface area contributed by atoms with Crippen molar-refractivity contribution in [3.63, 3.8) is 0 Å². The Labute approximate surface area is 181 Å². The fourth-order valence-corrected chi connectivity index (χ4v) is 4.46. The fraction of sp³-hybridized carbons (Fsp3) is 0.238. The molecule has 3 aromatic rings. The lowest BCUT2D eigenvalue weighted by Crippen LogP contribution is -2.49. The lowest BCUT2D eigenvalue weighted by Gasteiger charge is -2.36. The first kappa shape index (κ1) is 19.8. The summed E-state index contributed by atoms with van der Waals surface area (Å²) in [5, 5.41) is 10.7. The van der Waals surface area contributed by atoms with Crippen LogP contribution in [0.25, 0.3) is 10.9 Å². The number of carboxylic acids is 1. The number of aromatic amines is 1. The minimum absolute atomic E-state index is 0.0248. The van der Waals surface area contributed by atoms with Gasteiger partial charge in [-0.15, -0.1) is 0 Å². The number of rotatable bonds is 4. The van der Waals surface area contributed by atoms with Crippen LogP contribution in [0.1, 0.15) is 16.1 Å². The normalized spacial score (nSPS) is 14.4. The van der Waals surface area contributed by atoms with Crippen LogP contribution < -0.4 is 4.90 Å². The average molecular weight is 477 g/mol. The summed E-state index contributed by atoms with van der Waals surface area (Å²) in [4.78, 5) is 31.5. The predicted octanol–water partition coefficient (Wildman–Crippen LogP) is 4.17. The topological polar surface area (TPSA) is 76.6 Å². The Morgan fingerprint density at radius 3 is 2.52 bits per heavy atom. The molecule has 8 heteroatoms. The van der Waals surface area contributed by atoms with Crippen LogP contribution in [0.4, 0.5) is 5.69 Å². The van der Waals surface area contributed by atoms with Crippen molar-refractivity contribution in [1.29, 1.82) is 0 Å². The van der Waals surface area contributed by atoms with Crippen molar-refractivity contribution >= 4 is 56.0 Å². The number of amides is 1. The quantitative estimate of drug-likeness (QED) is 0.592. The van der Waals surface area contributed by atoms with Crippen LogP contribution in [0.2, 0.25) is 5.02 Å². The average Bonchev–Trinajstić information content (AvgIpc) is 3.06. The molecule has 1 aliphatic rings. The third-order valence-corrected chi connectivity index (χ3v) is 6.14. The molecule has 4 rings (SSSR count). The third kappa shape index (κ3) is 3.97. The number of benzene rings is 2. The molecule has 0 unspecified atom stereocenters. The van der Waals surface area contributed by atoms with E-state index >= 15 is 0 Å². The number of fused-ring (bicyclic) bond motifs is 1. The van der Waals surface area contributed by atoms with Crippen LogP contribution in [-0.2, 0) is 11.2 Å². The Bertz CT molecular complexity index is 1090. The van der Waals surface area contributed by atoms with Crippen LogP contribution in [-0.4, -0.2) is 53.0 Å². The van der Waals surface area contributed by atoms with E-state index in [2.05, 4.69) is 31.9 Å². The number of carboxylic acid groups (broad SMARTS) is 1. The van der Waals surface area contributed by atoms with E-state index in [1.54, 1.807) is 23.1 Å². The summed E-state index contributed by atoms with van der Waals surface area (Å²) in [7, 11) is 0. The van der Waals surface area contributed by atoms with Gasteiger partial charge < -0.3 is 19.9 Å². The second-order valence-corrected chi connectivity index (χ2v) is 8.26. The Morgan fingerprint density at radius 1 is 1.10 bits per heavy atom. The van der Waals surface area contributed by atoms with Gasteiger partial charge in [-0.05, 0) is 46.3 Å². The van der Waals surface area contributed by atoms with Crippen LogP contribution in [0.5, 0.6) is 0 Å². The first-order valence-corrected chi connectivity index (χ1v) is 10.4. The van der Waals surface area contributed by atoms with Crippen molar-refractivity contribution in [1.82, 2.24) is 9.88 Å². The van der Waals surface area contributed by atoms with Gasteiger partial charge in [0.05, 0.1) is 12.1 Å². The molecule has 1 fully saturated rings. The van der Waals surface area contributed by atoms with E-state index in [4.69, 9.17) is 11.6 Å². The summed E-state index contributed by atoms with van der Waals surface area (Å²) in [6, 6.07) is 13.1. The molecule has 0 radical (unpaired) electrons. The molecule has 2 heterocycles. The van der Waals surface area contributed by atoms with E-state index < -0.39 is 5.97 Å². The molecule has 0 saturated carbocycles.